The molecule has 0 radical (unpaired) electrons. The Morgan fingerprint density at radius 2 is 1.75 bits per heavy atom. The Balaban J connectivity index is 2.55. The summed E-state index contributed by atoms with van der Waals surface area (Å²) in [7, 11) is 1.75. The van der Waals surface area contributed by atoms with Gasteiger partial charge in [0.15, 0.2) is 0 Å². The number of halogens is 5. The SMILES string of the molecule is CNC(c1ccc(Br)cc1Cl)c1ccc(Br)c(Cl)c1F. The third-order valence-electron chi connectivity index (χ3n) is 2.94. The van der Waals surface area contributed by atoms with Gasteiger partial charge in [-0.05, 0) is 46.7 Å². The van der Waals surface area contributed by atoms with Crippen molar-refractivity contribution in [2.24, 2.45) is 0 Å². The molecular weight excluding hydrogens is 432 g/mol. The van der Waals surface area contributed by atoms with E-state index in [2.05, 4.69) is 37.2 Å². The second kappa shape index (κ2) is 6.75. The van der Waals surface area contributed by atoms with Crippen LogP contribution in [0.3, 0.4) is 0 Å². The van der Waals surface area contributed by atoms with Gasteiger partial charge in [0.2, 0.25) is 0 Å². The fraction of sp³-hybridized carbons (Fsp3) is 0.143. The van der Waals surface area contributed by atoms with Crippen LogP contribution in [-0.4, -0.2) is 7.05 Å². The van der Waals surface area contributed by atoms with Gasteiger partial charge in [-0.3, -0.25) is 0 Å². The molecule has 0 spiro atoms. The van der Waals surface area contributed by atoms with E-state index in [1.165, 1.54) is 0 Å². The molecule has 0 aliphatic rings. The fourth-order valence-corrected chi connectivity index (χ4v) is 3.24. The lowest BCUT2D eigenvalue weighted by Crippen LogP contribution is -2.19. The lowest BCUT2D eigenvalue weighted by Gasteiger charge is -2.20. The van der Waals surface area contributed by atoms with Crippen molar-refractivity contribution < 1.29 is 4.39 Å². The van der Waals surface area contributed by atoms with Crippen molar-refractivity contribution in [1.82, 2.24) is 5.32 Å². The molecule has 20 heavy (non-hydrogen) atoms. The molecule has 0 aliphatic heterocycles. The smallest absolute Gasteiger partial charge is 0.148 e. The summed E-state index contributed by atoms with van der Waals surface area (Å²) in [6, 6.07) is 8.52. The minimum absolute atomic E-state index is 0.0657. The van der Waals surface area contributed by atoms with Crippen LogP contribution < -0.4 is 5.32 Å². The zero-order valence-corrected chi connectivity index (χ0v) is 15.0. The van der Waals surface area contributed by atoms with Crippen LogP contribution in [0, 0.1) is 5.82 Å². The number of rotatable bonds is 3. The van der Waals surface area contributed by atoms with Crippen LogP contribution in [0.25, 0.3) is 0 Å². The van der Waals surface area contributed by atoms with Gasteiger partial charge >= 0.3 is 0 Å². The molecule has 2 aromatic carbocycles. The van der Waals surface area contributed by atoms with Crippen molar-refractivity contribution in [2.75, 3.05) is 7.05 Å². The van der Waals surface area contributed by atoms with Crippen LogP contribution in [0.2, 0.25) is 10.0 Å². The molecule has 0 aliphatic carbocycles. The van der Waals surface area contributed by atoms with Crippen LogP contribution in [0.15, 0.2) is 39.3 Å². The molecule has 106 valence electrons. The molecule has 0 amide bonds. The molecule has 0 aromatic heterocycles. The van der Waals surface area contributed by atoms with E-state index in [9.17, 15) is 4.39 Å². The largest absolute Gasteiger partial charge is 0.309 e. The highest BCUT2D eigenvalue weighted by Crippen LogP contribution is 2.35. The van der Waals surface area contributed by atoms with Crippen molar-refractivity contribution in [3.8, 4) is 0 Å². The number of benzene rings is 2. The number of hydrogen-bond acceptors (Lipinski definition) is 1. The Morgan fingerprint density at radius 3 is 2.35 bits per heavy atom. The average molecular weight is 442 g/mol. The second-order valence-electron chi connectivity index (χ2n) is 4.15. The van der Waals surface area contributed by atoms with Crippen molar-refractivity contribution in [3.63, 3.8) is 0 Å². The average Bonchev–Trinajstić information content (AvgIpc) is 2.41. The third kappa shape index (κ3) is 3.20. The summed E-state index contributed by atoms with van der Waals surface area (Å²) in [5.41, 5.74) is 1.24. The van der Waals surface area contributed by atoms with Gasteiger partial charge in [-0.15, -0.1) is 0 Å². The highest BCUT2D eigenvalue weighted by molar-refractivity contribution is 9.10. The molecule has 2 rings (SSSR count). The lowest BCUT2D eigenvalue weighted by atomic mass is 9.98. The van der Waals surface area contributed by atoms with Crippen molar-refractivity contribution >= 4 is 55.1 Å². The topological polar surface area (TPSA) is 12.0 Å². The predicted molar refractivity (Wildman–Crippen MR) is 89.2 cm³/mol. The first-order valence-corrected chi connectivity index (χ1v) is 8.05. The zero-order valence-electron chi connectivity index (χ0n) is 10.4. The summed E-state index contributed by atoms with van der Waals surface area (Å²) in [4.78, 5) is 0. The summed E-state index contributed by atoms with van der Waals surface area (Å²) >= 11 is 18.7. The monoisotopic (exact) mass is 439 g/mol. The van der Waals surface area contributed by atoms with Crippen LogP contribution >= 0.6 is 55.1 Å². The fourth-order valence-electron chi connectivity index (χ4n) is 1.98. The third-order valence-corrected chi connectivity index (χ3v) is 5.02. The minimum atomic E-state index is -0.459. The first-order chi connectivity index (χ1) is 9.45. The normalized spacial score (nSPS) is 12.5. The van der Waals surface area contributed by atoms with E-state index in [-0.39, 0.29) is 11.1 Å². The maximum Gasteiger partial charge on any atom is 0.148 e. The molecule has 1 unspecified atom stereocenters. The van der Waals surface area contributed by atoms with E-state index in [0.29, 0.717) is 15.1 Å². The molecule has 1 N–H and O–H groups in total. The van der Waals surface area contributed by atoms with Gasteiger partial charge in [-0.2, -0.15) is 0 Å². The quantitative estimate of drug-likeness (QED) is 0.579. The minimum Gasteiger partial charge on any atom is -0.309 e. The molecule has 0 fully saturated rings. The number of nitrogens with one attached hydrogen (secondary N) is 1. The number of hydrogen-bond donors (Lipinski definition) is 1. The van der Waals surface area contributed by atoms with E-state index in [4.69, 9.17) is 23.2 Å². The summed E-state index contributed by atoms with van der Waals surface area (Å²) in [6.45, 7) is 0. The Labute approximate surface area is 143 Å². The highest BCUT2D eigenvalue weighted by Gasteiger charge is 2.21. The molecule has 2 aromatic rings. The van der Waals surface area contributed by atoms with Gasteiger partial charge < -0.3 is 5.32 Å². The zero-order chi connectivity index (χ0) is 14.9. The molecule has 0 saturated heterocycles. The van der Waals surface area contributed by atoms with E-state index in [0.717, 1.165) is 10.0 Å². The predicted octanol–water partition coefficient (Wildman–Crippen LogP) is 5.97. The second-order valence-corrected chi connectivity index (χ2v) is 6.71. The maximum absolute atomic E-state index is 14.3. The first-order valence-electron chi connectivity index (χ1n) is 5.71. The van der Waals surface area contributed by atoms with E-state index in [1.807, 2.05) is 12.1 Å². The van der Waals surface area contributed by atoms with Gasteiger partial charge in [-0.1, -0.05) is 51.3 Å². The van der Waals surface area contributed by atoms with Gasteiger partial charge in [0.05, 0.1) is 11.1 Å². The summed E-state index contributed by atoms with van der Waals surface area (Å²) in [5, 5.41) is 3.69. The molecule has 0 heterocycles. The standard InChI is InChI=1S/C14H10Br2Cl2FN/c1-20-14(8-3-2-7(15)6-11(8)17)9-4-5-10(16)12(18)13(9)19/h2-6,14,20H,1H3. The Kier molecular flexibility index (Phi) is 5.49. The summed E-state index contributed by atoms with van der Waals surface area (Å²) < 4.78 is 15.7. The Hall–Kier alpha value is -0.130. The highest BCUT2D eigenvalue weighted by atomic mass is 79.9. The van der Waals surface area contributed by atoms with Crippen LogP contribution in [0.1, 0.15) is 17.2 Å². The van der Waals surface area contributed by atoms with Crippen molar-refractivity contribution in [1.29, 1.82) is 0 Å². The molecule has 0 bridgehead atoms. The lowest BCUT2D eigenvalue weighted by molar-refractivity contribution is 0.576. The van der Waals surface area contributed by atoms with Crippen LogP contribution in [0.4, 0.5) is 4.39 Å². The van der Waals surface area contributed by atoms with Gasteiger partial charge in [-0.25, -0.2) is 4.39 Å². The first kappa shape index (κ1) is 16.2. The summed E-state index contributed by atoms with van der Waals surface area (Å²) in [6.07, 6.45) is 0. The molecule has 0 saturated carbocycles. The van der Waals surface area contributed by atoms with E-state index in [1.54, 1.807) is 25.2 Å². The van der Waals surface area contributed by atoms with Gasteiger partial charge in [0, 0.05) is 19.5 Å². The van der Waals surface area contributed by atoms with Gasteiger partial charge in [0.25, 0.3) is 0 Å². The molecule has 1 nitrogen and oxygen atoms in total. The van der Waals surface area contributed by atoms with Crippen LogP contribution in [0.5, 0.6) is 0 Å². The van der Waals surface area contributed by atoms with Crippen LogP contribution in [-0.2, 0) is 0 Å². The molecular formula is C14H10Br2Cl2FN. The maximum atomic E-state index is 14.3. The Morgan fingerprint density at radius 1 is 1.10 bits per heavy atom. The van der Waals surface area contributed by atoms with E-state index < -0.39 is 5.82 Å². The van der Waals surface area contributed by atoms with Crippen molar-refractivity contribution in [2.45, 2.75) is 6.04 Å². The van der Waals surface area contributed by atoms with Crippen molar-refractivity contribution in [3.05, 3.63) is 66.3 Å². The van der Waals surface area contributed by atoms with E-state index >= 15 is 0 Å². The summed E-state index contributed by atoms with van der Waals surface area (Å²) in [5.74, 6) is -0.459. The Bertz CT molecular complexity index is 649. The molecule has 1 atom stereocenters. The molecule has 6 heteroatoms. The van der Waals surface area contributed by atoms with Gasteiger partial charge in [0.1, 0.15) is 5.82 Å².